The highest BCUT2D eigenvalue weighted by atomic mass is 35.5. The largest absolute Gasteiger partial charge is 0.341 e. The lowest BCUT2D eigenvalue weighted by Gasteiger charge is -2.22. The van der Waals surface area contributed by atoms with E-state index in [2.05, 4.69) is 5.32 Å². The van der Waals surface area contributed by atoms with Crippen LogP contribution in [0.1, 0.15) is 32.1 Å². The minimum absolute atomic E-state index is 0. The van der Waals surface area contributed by atoms with Gasteiger partial charge in [0.25, 0.3) is 5.92 Å². The molecule has 2 heterocycles. The van der Waals surface area contributed by atoms with Crippen LogP contribution in [-0.2, 0) is 4.79 Å². The van der Waals surface area contributed by atoms with E-state index in [-0.39, 0.29) is 31.3 Å². The zero-order chi connectivity index (χ0) is 12.8. The number of likely N-dealkylation sites (tertiary alicyclic amines) is 1. The highest BCUT2D eigenvalue weighted by molar-refractivity contribution is 5.85. The Hall–Kier alpha value is -0.420. The van der Waals surface area contributed by atoms with Crippen LogP contribution < -0.4 is 5.32 Å². The van der Waals surface area contributed by atoms with Gasteiger partial charge in [-0.05, 0) is 24.7 Å². The molecule has 0 spiro atoms. The molecule has 3 unspecified atom stereocenters. The molecule has 0 aromatic carbocycles. The Kier molecular flexibility index (Phi) is 4.35. The average molecular weight is 295 g/mol. The summed E-state index contributed by atoms with van der Waals surface area (Å²) >= 11 is 0. The van der Waals surface area contributed by atoms with Crippen molar-refractivity contribution in [3.63, 3.8) is 0 Å². The third-order valence-corrected chi connectivity index (χ3v) is 4.70. The van der Waals surface area contributed by atoms with Gasteiger partial charge in [0.15, 0.2) is 0 Å². The first-order chi connectivity index (χ1) is 8.55. The fourth-order valence-corrected chi connectivity index (χ4v) is 3.70. The first-order valence-corrected chi connectivity index (χ1v) is 6.95. The Morgan fingerprint density at radius 2 is 1.74 bits per heavy atom. The molecule has 0 aromatic heterocycles. The summed E-state index contributed by atoms with van der Waals surface area (Å²) in [6.07, 6.45) is 4.56. The van der Waals surface area contributed by atoms with Crippen molar-refractivity contribution in [3.05, 3.63) is 0 Å². The van der Waals surface area contributed by atoms with Crippen molar-refractivity contribution >= 4 is 18.3 Å². The second-order valence-corrected chi connectivity index (χ2v) is 6.04. The molecule has 1 N–H and O–H groups in total. The van der Waals surface area contributed by atoms with E-state index in [4.69, 9.17) is 0 Å². The monoisotopic (exact) mass is 294 g/mol. The quantitative estimate of drug-likeness (QED) is 0.803. The number of hydrogen-bond donors (Lipinski definition) is 1. The molecule has 0 bridgehead atoms. The number of hydrogen-bond acceptors (Lipinski definition) is 2. The van der Waals surface area contributed by atoms with Crippen LogP contribution in [0, 0.1) is 11.8 Å². The van der Waals surface area contributed by atoms with Crippen molar-refractivity contribution in [1.82, 2.24) is 10.2 Å². The van der Waals surface area contributed by atoms with Crippen LogP contribution in [0.4, 0.5) is 8.78 Å². The number of alkyl halides is 2. The number of carbonyl (C=O) groups excluding carboxylic acids is 1. The van der Waals surface area contributed by atoms with Gasteiger partial charge in [0.05, 0.1) is 12.6 Å². The van der Waals surface area contributed by atoms with Gasteiger partial charge in [0.1, 0.15) is 0 Å². The third-order valence-electron chi connectivity index (χ3n) is 4.70. The van der Waals surface area contributed by atoms with E-state index in [0.717, 1.165) is 13.1 Å². The number of nitrogens with zero attached hydrogens (tertiary/aromatic N) is 1. The van der Waals surface area contributed by atoms with Crippen molar-refractivity contribution in [1.29, 1.82) is 0 Å². The predicted molar refractivity (Wildman–Crippen MR) is 70.6 cm³/mol. The second-order valence-electron chi connectivity index (χ2n) is 6.04. The molecule has 3 rings (SSSR count). The van der Waals surface area contributed by atoms with Crippen LogP contribution in [0.5, 0.6) is 0 Å². The molecular formula is C13H21ClF2N2O. The Bertz CT molecular complexity index is 340. The maximum Gasteiger partial charge on any atom is 0.262 e. The molecule has 110 valence electrons. The van der Waals surface area contributed by atoms with E-state index >= 15 is 0 Å². The fourth-order valence-electron chi connectivity index (χ4n) is 3.70. The van der Waals surface area contributed by atoms with E-state index in [1.807, 2.05) is 4.90 Å². The molecule has 0 radical (unpaired) electrons. The molecule has 3 fully saturated rings. The molecule has 3 atom stereocenters. The normalized spacial score (nSPS) is 36.7. The van der Waals surface area contributed by atoms with Crippen LogP contribution in [0.25, 0.3) is 0 Å². The zero-order valence-corrected chi connectivity index (χ0v) is 11.7. The Morgan fingerprint density at radius 3 is 2.21 bits per heavy atom. The average Bonchev–Trinajstić information content (AvgIpc) is 2.91. The smallest absolute Gasteiger partial charge is 0.262 e. The van der Waals surface area contributed by atoms with E-state index in [1.165, 1.54) is 25.7 Å². The van der Waals surface area contributed by atoms with Gasteiger partial charge >= 0.3 is 0 Å². The molecule has 6 heteroatoms. The van der Waals surface area contributed by atoms with Crippen LogP contribution in [0.15, 0.2) is 0 Å². The lowest BCUT2D eigenvalue weighted by Crippen LogP contribution is -2.42. The SMILES string of the molecule is Cl.O=C(C1CC(F)(F)CN1)N1CC2CCCCC2C1. The molecule has 3 nitrogen and oxygen atoms in total. The summed E-state index contributed by atoms with van der Waals surface area (Å²) in [6, 6.07) is -0.667. The lowest BCUT2D eigenvalue weighted by molar-refractivity contribution is -0.132. The maximum absolute atomic E-state index is 13.1. The number of fused-ring (bicyclic) bond motifs is 1. The molecule has 2 saturated heterocycles. The number of carbonyl (C=O) groups is 1. The summed E-state index contributed by atoms with van der Waals surface area (Å²) in [7, 11) is 0. The first-order valence-electron chi connectivity index (χ1n) is 6.95. The van der Waals surface area contributed by atoms with Crippen LogP contribution in [-0.4, -0.2) is 42.4 Å². The maximum atomic E-state index is 13.1. The topological polar surface area (TPSA) is 32.3 Å². The minimum atomic E-state index is -2.72. The van der Waals surface area contributed by atoms with Gasteiger partial charge < -0.3 is 4.90 Å². The number of rotatable bonds is 1. The van der Waals surface area contributed by atoms with Gasteiger partial charge in [0, 0.05) is 19.5 Å². The molecule has 1 aliphatic carbocycles. The van der Waals surface area contributed by atoms with Crippen molar-refractivity contribution in [2.24, 2.45) is 11.8 Å². The van der Waals surface area contributed by atoms with E-state index in [1.54, 1.807) is 0 Å². The molecule has 2 aliphatic heterocycles. The van der Waals surface area contributed by atoms with Crippen LogP contribution in [0.2, 0.25) is 0 Å². The Morgan fingerprint density at radius 1 is 1.16 bits per heavy atom. The van der Waals surface area contributed by atoms with E-state index in [9.17, 15) is 13.6 Å². The Balaban J connectivity index is 0.00000133. The van der Waals surface area contributed by atoms with Gasteiger partial charge in [0.2, 0.25) is 5.91 Å². The van der Waals surface area contributed by atoms with E-state index < -0.39 is 12.0 Å². The number of nitrogens with one attached hydrogen (secondary N) is 1. The lowest BCUT2D eigenvalue weighted by atomic mass is 9.82. The second kappa shape index (κ2) is 5.52. The summed E-state index contributed by atoms with van der Waals surface area (Å²) in [5.41, 5.74) is 0. The van der Waals surface area contributed by atoms with Crippen molar-refractivity contribution in [3.8, 4) is 0 Å². The molecule has 3 aliphatic rings. The molecule has 19 heavy (non-hydrogen) atoms. The fraction of sp³-hybridized carbons (Fsp3) is 0.923. The summed E-state index contributed by atoms with van der Waals surface area (Å²) in [5, 5.41) is 2.66. The van der Waals surface area contributed by atoms with Crippen LogP contribution in [0.3, 0.4) is 0 Å². The third kappa shape index (κ3) is 3.02. The molecular weight excluding hydrogens is 274 g/mol. The van der Waals surface area contributed by atoms with Crippen molar-refractivity contribution in [2.45, 2.75) is 44.1 Å². The van der Waals surface area contributed by atoms with Crippen LogP contribution >= 0.6 is 12.4 Å². The molecule has 1 saturated carbocycles. The minimum Gasteiger partial charge on any atom is -0.341 e. The summed E-state index contributed by atoms with van der Waals surface area (Å²) in [4.78, 5) is 14.0. The van der Waals surface area contributed by atoms with Gasteiger partial charge in [-0.25, -0.2) is 8.78 Å². The number of amides is 1. The Labute approximate surface area is 118 Å². The standard InChI is InChI=1S/C13H20F2N2O.ClH/c14-13(15)5-11(16-8-13)12(18)17-6-9-3-1-2-4-10(9)7-17;/h9-11,16H,1-8H2;1H. The first kappa shape index (κ1) is 15.0. The van der Waals surface area contributed by atoms with E-state index in [0.29, 0.717) is 11.8 Å². The van der Waals surface area contributed by atoms with Gasteiger partial charge in [-0.15, -0.1) is 12.4 Å². The highest BCUT2D eigenvalue weighted by Gasteiger charge is 2.45. The highest BCUT2D eigenvalue weighted by Crippen LogP contribution is 2.37. The zero-order valence-electron chi connectivity index (χ0n) is 10.9. The predicted octanol–water partition coefficient (Wildman–Crippen LogP) is 2.05. The van der Waals surface area contributed by atoms with Gasteiger partial charge in [-0.2, -0.15) is 0 Å². The summed E-state index contributed by atoms with van der Waals surface area (Å²) in [5.74, 6) is -1.59. The molecule has 1 amide bonds. The summed E-state index contributed by atoms with van der Waals surface area (Å²) in [6.45, 7) is 1.21. The summed E-state index contributed by atoms with van der Waals surface area (Å²) < 4.78 is 26.2. The molecule has 0 aromatic rings. The van der Waals surface area contributed by atoms with Gasteiger partial charge in [-0.3, -0.25) is 10.1 Å². The van der Waals surface area contributed by atoms with Gasteiger partial charge in [-0.1, -0.05) is 12.8 Å². The van der Waals surface area contributed by atoms with Crippen molar-refractivity contribution < 1.29 is 13.6 Å². The van der Waals surface area contributed by atoms with Crippen molar-refractivity contribution in [2.75, 3.05) is 19.6 Å². The number of halogens is 3.